The normalized spacial score (nSPS) is 15.3. The number of hydrogen-bond acceptors (Lipinski definition) is 5. The van der Waals surface area contributed by atoms with E-state index in [0.717, 1.165) is 17.7 Å². The third-order valence-electron chi connectivity index (χ3n) is 4.25. The van der Waals surface area contributed by atoms with Crippen LogP contribution >= 0.6 is 11.3 Å². The van der Waals surface area contributed by atoms with Crippen LogP contribution < -0.4 is 10.6 Å². The minimum absolute atomic E-state index is 0.0394. The predicted molar refractivity (Wildman–Crippen MR) is 105 cm³/mol. The molecule has 0 unspecified atom stereocenters. The fourth-order valence-electron chi connectivity index (χ4n) is 2.85. The van der Waals surface area contributed by atoms with Crippen molar-refractivity contribution < 1.29 is 19.1 Å². The van der Waals surface area contributed by atoms with Crippen LogP contribution in [0.5, 0.6) is 0 Å². The van der Waals surface area contributed by atoms with Crippen molar-refractivity contribution in [1.82, 2.24) is 15.5 Å². The topological polar surface area (TPSA) is 87.7 Å². The van der Waals surface area contributed by atoms with E-state index in [1.807, 2.05) is 17.5 Å². The number of ether oxygens (including phenoxy) is 1. The van der Waals surface area contributed by atoms with Gasteiger partial charge in [-0.1, -0.05) is 6.07 Å². The number of carbonyl (C=O) groups excluding carboxylic acids is 3. The van der Waals surface area contributed by atoms with Crippen molar-refractivity contribution >= 4 is 29.2 Å². The molecule has 150 valence electrons. The van der Waals surface area contributed by atoms with Gasteiger partial charge in [-0.25, -0.2) is 4.79 Å². The van der Waals surface area contributed by atoms with E-state index in [2.05, 4.69) is 10.6 Å². The van der Waals surface area contributed by atoms with Crippen LogP contribution in [0.15, 0.2) is 17.5 Å². The van der Waals surface area contributed by atoms with E-state index in [0.29, 0.717) is 32.0 Å². The van der Waals surface area contributed by atoms with Gasteiger partial charge in [-0.05, 0) is 51.0 Å². The SMILES string of the molecule is CC(C)(C)OC(=O)NCC(=O)N1CCC(CNC(=O)Cc2cccs2)CC1. The predicted octanol–water partition coefficient (Wildman–Crippen LogP) is 2.17. The zero-order valence-electron chi connectivity index (χ0n) is 16.2. The number of carbonyl (C=O) groups is 3. The summed E-state index contributed by atoms with van der Waals surface area (Å²) in [6, 6.07) is 3.90. The molecule has 1 aliphatic heterocycles. The molecular weight excluding hydrogens is 366 g/mol. The molecule has 1 saturated heterocycles. The van der Waals surface area contributed by atoms with Gasteiger partial charge >= 0.3 is 6.09 Å². The molecule has 1 aromatic heterocycles. The monoisotopic (exact) mass is 395 g/mol. The van der Waals surface area contributed by atoms with Gasteiger partial charge in [-0.3, -0.25) is 9.59 Å². The Bertz CT molecular complexity index is 632. The first-order valence-electron chi connectivity index (χ1n) is 9.26. The second kappa shape index (κ2) is 9.73. The van der Waals surface area contributed by atoms with Crippen molar-refractivity contribution in [3.05, 3.63) is 22.4 Å². The van der Waals surface area contributed by atoms with E-state index in [4.69, 9.17) is 4.74 Å². The number of rotatable bonds is 6. The van der Waals surface area contributed by atoms with Crippen molar-refractivity contribution in [2.75, 3.05) is 26.2 Å². The molecule has 2 rings (SSSR count). The van der Waals surface area contributed by atoms with Gasteiger partial charge < -0.3 is 20.3 Å². The maximum atomic E-state index is 12.2. The number of likely N-dealkylation sites (tertiary alicyclic amines) is 1. The zero-order valence-corrected chi connectivity index (χ0v) is 17.1. The van der Waals surface area contributed by atoms with Crippen LogP contribution in [0.4, 0.5) is 4.79 Å². The Morgan fingerprint density at radius 2 is 1.93 bits per heavy atom. The summed E-state index contributed by atoms with van der Waals surface area (Å²) in [6.07, 6.45) is 1.53. The Balaban J connectivity index is 1.62. The fraction of sp³-hybridized carbons (Fsp3) is 0.632. The Hall–Kier alpha value is -2.09. The molecule has 1 aromatic rings. The second-order valence-electron chi connectivity index (χ2n) is 7.74. The summed E-state index contributed by atoms with van der Waals surface area (Å²) < 4.78 is 5.12. The Morgan fingerprint density at radius 1 is 1.22 bits per heavy atom. The van der Waals surface area contributed by atoms with Gasteiger partial charge in [0.05, 0.1) is 6.42 Å². The van der Waals surface area contributed by atoms with Crippen LogP contribution in [-0.4, -0.2) is 54.6 Å². The number of nitrogens with zero attached hydrogens (tertiary/aromatic N) is 1. The van der Waals surface area contributed by atoms with Crippen LogP contribution in [0.1, 0.15) is 38.5 Å². The van der Waals surface area contributed by atoms with E-state index in [-0.39, 0.29) is 18.4 Å². The first-order chi connectivity index (χ1) is 12.7. The molecule has 0 bridgehead atoms. The lowest BCUT2D eigenvalue weighted by molar-refractivity contribution is -0.131. The molecule has 2 N–H and O–H groups in total. The highest BCUT2D eigenvalue weighted by Crippen LogP contribution is 2.17. The smallest absolute Gasteiger partial charge is 0.408 e. The quantitative estimate of drug-likeness (QED) is 0.773. The molecule has 27 heavy (non-hydrogen) atoms. The van der Waals surface area contributed by atoms with Gasteiger partial charge in [0.1, 0.15) is 12.1 Å². The maximum absolute atomic E-state index is 12.2. The minimum Gasteiger partial charge on any atom is -0.444 e. The molecule has 0 atom stereocenters. The van der Waals surface area contributed by atoms with Crippen molar-refractivity contribution in [3.63, 3.8) is 0 Å². The average molecular weight is 396 g/mol. The maximum Gasteiger partial charge on any atom is 0.408 e. The molecule has 2 heterocycles. The van der Waals surface area contributed by atoms with Crippen molar-refractivity contribution in [3.8, 4) is 0 Å². The number of piperidine rings is 1. The summed E-state index contributed by atoms with van der Waals surface area (Å²) in [5, 5.41) is 7.45. The summed E-state index contributed by atoms with van der Waals surface area (Å²) >= 11 is 1.58. The van der Waals surface area contributed by atoms with Crippen LogP contribution in [0, 0.1) is 5.92 Å². The molecule has 0 aliphatic carbocycles. The van der Waals surface area contributed by atoms with Gasteiger partial charge in [0, 0.05) is 24.5 Å². The first kappa shape index (κ1) is 21.2. The number of hydrogen-bond donors (Lipinski definition) is 2. The summed E-state index contributed by atoms with van der Waals surface area (Å²) in [5.41, 5.74) is -0.584. The highest BCUT2D eigenvalue weighted by molar-refractivity contribution is 7.10. The molecule has 1 fully saturated rings. The fourth-order valence-corrected chi connectivity index (χ4v) is 3.56. The molecule has 0 saturated carbocycles. The molecule has 0 spiro atoms. The molecule has 0 radical (unpaired) electrons. The molecule has 7 nitrogen and oxygen atoms in total. The van der Waals surface area contributed by atoms with E-state index in [1.54, 1.807) is 37.0 Å². The van der Waals surface area contributed by atoms with E-state index >= 15 is 0 Å². The molecule has 3 amide bonds. The molecule has 1 aliphatic rings. The molecular formula is C19H29N3O4S. The Labute approximate surface area is 164 Å². The van der Waals surface area contributed by atoms with E-state index in [1.165, 1.54) is 0 Å². The highest BCUT2D eigenvalue weighted by Gasteiger charge is 2.24. The largest absolute Gasteiger partial charge is 0.444 e. The average Bonchev–Trinajstić information content (AvgIpc) is 3.10. The van der Waals surface area contributed by atoms with Gasteiger partial charge in [0.25, 0.3) is 0 Å². The Kier molecular flexibility index (Phi) is 7.65. The zero-order chi connectivity index (χ0) is 19.9. The third kappa shape index (κ3) is 7.99. The lowest BCUT2D eigenvalue weighted by Gasteiger charge is -2.32. The summed E-state index contributed by atoms with van der Waals surface area (Å²) in [7, 11) is 0. The van der Waals surface area contributed by atoms with Gasteiger partial charge in [-0.2, -0.15) is 0 Å². The van der Waals surface area contributed by atoms with Crippen LogP contribution in [0.2, 0.25) is 0 Å². The molecule has 8 heteroatoms. The summed E-state index contributed by atoms with van der Waals surface area (Å²) in [5.74, 6) is 0.304. The lowest BCUT2D eigenvalue weighted by atomic mass is 9.96. The number of amides is 3. The highest BCUT2D eigenvalue weighted by atomic mass is 32.1. The van der Waals surface area contributed by atoms with E-state index in [9.17, 15) is 14.4 Å². The van der Waals surface area contributed by atoms with Gasteiger partial charge in [0.15, 0.2) is 0 Å². The summed E-state index contributed by atoms with van der Waals surface area (Å²) in [4.78, 5) is 38.6. The van der Waals surface area contributed by atoms with Gasteiger partial charge in [0.2, 0.25) is 11.8 Å². The number of nitrogens with one attached hydrogen (secondary N) is 2. The van der Waals surface area contributed by atoms with Crippen LogP contribution in [0.25, 0.3) is 0 Å². The first-order valence-corrected chi connectivity index (χ1v) is 10.1. The number of alkyl carbamates (subject to hydrolysis) is 1. The lowest BCUT2D eigenvalue weighted by Crippen LogP contribution is -2.46. The number of thiophene rings is 1. The standard InChI is InChI=1S/C19H29N3O4S/c1-19(2,3)26-18(25)21-13-17(24)22-8-6-14(7-9-22)12-20-16(23)11-15-5-4-10-27-15/h4-5,10,14H,6-9,11-13H2,1-3H3,(H,20,23)(H,21,25). The summed E-state index contributed by atoms with van der Waals surface area (Å²) in [6.45, 7) is 7.19. The van der Waals surface area contributed by atoms with Crippen molar-refractivity contribution in [1.29, 1.82) is 0 Å². The van der Waals surface area contributed by atoms with E-state index < -0.39 is 11.7 Å². The molecule has 0 aromatic carbocycles. The van der Waals surface area contributed by atoms with Crippen molar-refractivity contribution in [2.45, 2.75) is 45.6 Å². The second-order valence-corrected chi connectivity index (χ2v) is 8.77. The van der Waals surface area contributed by atoms with Crippen LogP contribution in [0.3, 0.4) is 0 Å². The van der Waals surface area contributed by atoms with Crippen LogP contribution in [-0.2, 0) is 20.7 Å². The minimum atomic E-state index is -0.584. The third-order valence-corrected chi connectivity index (χ3v) is 5.13. The Morgan fingerprint density at radius 3 is 2.52 bits per heavy atom. The van der Waals surface area contributed by atoms with Crippen molar-refractivity contribution in [2.24, 2.45) is 5.92 Å². The van der Waals surface area contributed by atoms with Gasteiger partial charge in [-0.15, -0.1) is 11.3 Å².